The van der Waals surface area contributed by atoms with Crippen LogP contribution in [0.15, 0.2) is 42.5 Å². The van der Waals surface area contributed by atoms with Crippen LogP contribution in [-0.2, 0) is 0 Å². The van der Waals surface area contributed by atoms with Crippen LogP contribution in [0.1, 0.15) is 0 Å². The highest BCUT2D eigenvalue weighted by atomic mass is 14.0. The predicted molar refractivity (Wildman–Crippen MR) is 58.0 cm³/mol. The molecular formula is C14H7. The average Bonchev–Trinajstić information content (AvgIpc) is 2.29. The summed E-state index contributed by atoms with van der Waals surface area (Å²) < 4.78 is 0. The summed E-state index contributed by atoms with van der Waals surface area (Å²) in [5, 5.41) is 4.66. The van der Waals surface area contributed by atoms with Gasteiger partial charge in [0.2, 0.25) is 0 Å². The number of hydrogen-bond acceptors (Lipinski definition) is 0. The van der Waals surface area contributed by atoms with E-state index in [4.69, 9.17) is 0 Å². The normalized spacial score (nSPS) is 10.9. The minimum Gasteiger partial charge on any atom is -0.0616 e. The molecule has 0 aliphatic carbocycles. The number of benzene rings is 3. The summed E-state index contributed by atoms with van der Waals surface area (Å²) in [6.45, 7) is 0. The number of hydrogen-bond donors (Lipinski definition) is 0. The van der Waals surface area contributed by atoms with Crippen molar-refractivity contribution in [2.45, 2.75) is 0 Å². The Morgan fingerprint density at radius 3 is 2.71 bits per heavy atom. The Bertz CT molecular complexity index is 539. The van der Waals surface area contributed by atoms with Crippen LogP contribution in [0, 0.1) is 18.2 Å². The minimum atomic E-state index is 1.10. The van der Waals surface area contributed by atoms with Crippen LogP contribution in [0.3, 0.4) is 0 Å². The zero-order valence-electron chi connectivity index (χ0n) is 7.54. The van der Waals surface area contributed by atoms with Crippen LogP contribution in [0.4, 0.5) is 0 Å². The van der Waals surface area contributed by atoms with Gasteiger partial charge in [0.1, 0.15) is 0 Å². The van der Waals surface area contributed by atoms with Gasteiger partial charge in [0.05, 0.1) is 0 Å². The number of rotatable bonds is 0. The second-order valence-electron chi connectivity index (χ2n) is 3.26. The fourth-order valence-electron chi connectivity index (χ4n) is 1.74. The van der Waals surface area contributed by atoms with Crippen molar-refractivity contribution in [2.75, 3.05) is 0 Å². The first-order chi connectivity index (χ1) is 6.95. The quantitative estimate of drug-likeness (QED) is 0.459. The molecule has 0 atom stereocenters. The molecule has 0 N–H and O–H groups in total. The van der Waals surface area contributed by atoms with Gasteiger partial charge < -0.3 is 0 Å². The van der Waals surface area contributed by atoms with Gasteiger partial charge in [-0.1, -0.05) is 24.3 Å². The topological polar surface area (TPSA) is 0 Å². The second-order valence-corrected chi connectivity index (χ2v) is 3.26. The highest BCUT2D eigenvalue weighted by molar-refractivity contribution is 6.06. The Labute approximate surface area is 82.8 Å². The van der Waals surface area contributed by atoms with Gasteiger partial charge >= 0.3 is 0 Å². The van der Waals surface area contributed by atoms with Gasteiger partial charge in [0.15, 0.2) is 0 Å². The molecular weight excluding hydrogens is 168 g/mol. The van der Waals surface area contributed by atoms with Gasteiger partial charge in [0.25, 0.3) is 0 Å². The summed E-state index contributed by atoms with van der Waals surface area (Å²) >= 11 is 0. The summed E-state index contributed by atoms with van der Waals surface area (Å²) in [5.41, 5.74) is 0. The molecule has 3 radical (unpaired) electrons. The molecule has 0 aromatic heterocycles. The lowest BCUT2D eigenvalue weighted by molar-refractivity contribution is 1.74. The molecule has 3 aromatic carbocycles. The van der Waals surface area contributed by atoms with Gasteiger partial charge in [-0.3, -0.25) is 0 Å². The van der Waals surface area contributed by atoms with Crippen LogP contribution >= 0.6 is 0 Å². The summed E-state index contributed by atoms with van der Waals surface area (Å²) in [6, 6.07) is 23.5. The Hall–Kier alpha value is -1.82. The van der Waals surface area contributed by atoms with Crippen LogP contribution in [0.25, 0.3) is 21.5 Å². The zero-order chi connectivity index (χ0) is 9.38. The number of fused-ring (bicyclic) bond motifs is 3. The van der Waals surface area contributed by atoms with Crippen molar-refractivity contribution >= 4 is 21.5 Å². The lowest BCUT2D eigenvalue weighted by atomic mass is 10.0. The van der Waals surface area contributed by atoms with Gasteiger partial charge in [0, 0.05) is 0 Å². The van der Waals surface area contributed by atoms with E-state index in [0.717, 1.165) is 10.8 Å². The molecule has 0 saturated carbocycles. The van der Waals surface area contributed by atoms with Crippen molar-refractivity contribution in [3.63, 3.8) is 0 Å². The van der Waals surface area contributed by atoms with Gasteiger partial charge in [-0.15, -0.1) is 0 Å². The zero-order valence-corrected chi connectivity index (χ0v) is 7.54. The van der Waals surface area contributed by atoms with Crippen LogP contribution in [0.5, 0.6) is 0 Å². The molecule has 3 rings (SSSR count). The Morgan fingerprint density at radius 1 is 0.786 bits per heavy atom. The third kappa shape index (κ3) is 1.01. The third-order valence-corrected chi connectivity index (χ3v) is 2.42. The molecule has 0 heterocycles. The van der Waals surface area contributed by atoms with Gasteiger partial charge in [-0.05, 0) is 57.9 Å². The van der Waals surface area contributed by atoms with Crippen molar-refractivity contribution in [1.82, 2.24) is 0 Å². The van der Waals surface area contributed by atoms with E-state index in [2.05, 4.69) is 30.3 Å². The Balaban J connectivity index is 2.61. The summed E-state index contributed by atoms with van der Waals surface area (Å²) in [5.74, 6) is 0. The highest BCUT2D eigenvalue weighted by Gasteiger charge is 1.98. The molecule has 0 saturated heterocycles. The van der Waals surface area contributed by atoms with E-state index in [-0.39, 0.29) is 0 Å². The minimum absolute atomic E-state index is 1.10. The van der Waals surface area contributed by atoms with Crippen molar-refractivity contribution in [3.8, 4) is 0 Å². The first-order valence-electron chi connectivity index (χ1n) is 4.56. The van der Waals surface area contributed by atoms with Crippen molar-refractivity contribution < 1.29 is 0 Å². The average molecular weight is 175 g/mol. The van der Waals surface area contributed by atoms with E-state index in [1.807, 2.05) is 30.3 Å². The SMILES string of the molecule is [c]1c[c]c2c[c]c3ccccc3c2c1. The smallest absolute Gasteiger partial charge is 0.00921 e. The van der Waals surface area contributed by atoms with Crippen LogP contribution in [0.2, 0.25) is 0 Å². The van der Waals surface area contributed by atoms with Gasteiger partial charge in [-0.25, -0.2) is 0 Å². The van der Waals surface area contributed by atoms with E-state index in [0.29, 0.717) is 0 Å². The summed E-state index contributed by atoms with van der Waals surface area (Å²) in [6.07, 6.45) is 0. The van der Waals surface area contributed by atoms with Crippen molar-refractivity contribution in [1.29, 1.82) is 0 Å². The summed E-state index contributed by atoms with van der Waals surface area (Å²) in [4.78, 5) is 0. The highest BCUT2D eigenvalue weighted by Crippen LogP contribution is 2.23. The molecule has 0 aliphatic rings. The lowest BCUT2D eigenvalue weighted by Crippen LogP contribution is -1.76. The van der Waals surface area contributed by atoms with Crippen molar-refractivity contribution in [2.24, 2.45) is 0 Å². The van der Waals surface area contributed by atoms with Crippen molar-refractivity contribution in [3.05, 3.63) is 60.7 Å². The third-order valence-electron chi connectivity index (χ3n) is 2.42. The molecule has 14 heavy (non-hydrogen) atoms. The molecule has 0 bridgehead atoms. The molecule has 0 aliphatic heterocycles. The molecule has 3 aromatic rings. The van der Waals surface area contributed by atoms with Crippen LogP contribution in [-0.4, -0.2) is 0 Å². The molecule has 0 unspecified atom stereocenters. The summed E-state index contributed by atoms with van der Waals surface area (Å²) in [7, 11) is 0. The second kappa shape index (κ2) is 2.85. The maximum atomic E-state index is 3.25. The van der Waals surface area contributed by atoms with E-state index < -0.39 is 0 Å². The van der Waals surface area contributed by atoms with E-state index in [1.165, 1.54) is 10.8 Å². The van der Waals surface area contributed by atoms with Crippen LogP contribution < -0.4 is 0 Å². The lowest BCUT2D eigenvalue weighted by Gasteiger charge is -2.01. The molecule has 0 heteroatoms. The molecule has 63 valence electrons. The fraction of sp³-hybridized carbons (Fsp3) is 0. The maximum Gasteiger partial charge on any atom is -0.00921 e. The molecule has 0 amide bonds. The molecule has 0 spiro atoms. The fourth-order valence-corrected chi connectivity index (χ4v) is 1.74. The standard InChI is InChI=1S/C14H7/c1-3-7-13-11(5-1)9-10-12-6-2-4-8-14(12)13/h1-3,5,7-8,10H. The van der Waals surface area contributed by atoms with E-state index >= 15 is 0 Å². The predicted octanol–water partition coefficient (Wildman–Crippen LogP) is 3.39. The Kier molecular flexibility index (Phi) is 1.54. The largest absolute Gasteiger partial charge is 0.0616 e. The monoisotopic (exact) mass is 175 g/mol. The Morgan fingerprint density at radius 2 is 1.71 bits per heavy atom. The van der Waals surface area contributed by atoms with E-state index in [1.54, 1.807) is 0 Å². The first kappa shape index (κ1) is 7.57. The first-order valence-corrected chi connectivity index (χ1v) is 4.56. The van der Waals surface area contributed by atoms with Gasteiger partial charge in [-0.2, -0.15) is 0 Å². The maximum absolute atomic E-state index is 3.25. The van der Waals surface area contributed by atoms with E-state index in [9.17, 15) is 0 Å². The molecule has 0 fully saturated rings. The molecule has 0 nitrogen and oxygen atoms in total.